The Kier molecular flexibility index (Phi) is 4.80. The first kappa shape index (κ1) is 20.1. The molecule has 1 aromatic carbocycles. The molecule has 6 heteroatoms. The van der Waals surface area contributed by atoms with Crippen LogP contribution in [0, 0.1) is 5.92 Å². The lowest BCUT2D eigenvalue weighted by molar-refractivity contribution is -0.156. The van der Waals surface area contributed by atoms with E-state index in [-0.39, 0.29) is 11.9 Å². The number of esters is 1. The van der Waals surface area contributed by atoms with E-state index in [2.05, 4.69) is 9.34 Å². The van der Waals surface area contributed by atoms with Gasteiger partial charge in [0.05, 0.1) is 11.1 Å². The van der Waals surface area contributed by atoms with Crippen LogP contribution in [0.25, 0.3) is 0 Å². The summed E-state index contributed by atoms with van der Waals surface area (Å²) in [4.78, 5) is 13.1. The number of benzene rings is 1. The van der Waals surface area contributed by atoms with E-state index in [1.165, 1.54) is 12.8 Å². The summed E-state index contributed by atoms with van der Waals surface area (Å²) in [6, 6.07) is 10.6. The fraction of sp³-hybridized carbons (Fsp3) is 0.682. The van der Waals surface area contributed by atoms with Crippen LogP contribution in [0.1, 0.15) is 58.4 Å². The maximum atomic E-state index is 14.9. The second kappa shape index (κ2) is 6.68. The molecular weight excluding hydrogens is 371 g/mol. The molecule has 2 aliphatic carbocycles. The molecule has 4 rings (SSSR count). The van der Waals surface area contributed by atoms with E-state index < -0.39 is 18.2 Å². The Balaban J connectivity index is 1.78. The Morgan fingerprint density at radius 2 is 1.61 bits per heavy atom. The van der Waals surface area contributed by atoms with Crippen molar-refractivity contribution in [3.05, 3.63) is 35.9 Å². The van der Waals surface area contributed by atoms with E-state index in [1.807, 2.05) is 65.2 Å². The predicted molar refractivity (Wildman–Crippen MR) is 111 cm³/mol. The number of carbonyl (C=O) groups is 1. The highest BCUT2D eigenvalue weighted by Crippen LogP contribution is 2.83. The topological polar surface area (TPSA) is 49.9 Å². The third-order valence-electron chi connectivity index (χ3n) is 6.93. The summed E-state index contributed by atoms with van der Waals surface area (Å²) >= 11 is 0. The van der Waals surface area contributed by atoms with Gasteiger partial charge < -0.3 is 4.74 Å². The Morgan fingerprint density at radius 3 is 2.11 bits per heavy atom. The minimum Gasteiger partial charge on any atom is -0.460 e. The van der Waals surface area contributed by atoms with Gasteiger partial charge in [-0.2, -0.15) is 0 Å². The molecule has 5 nitrogen and oxygen atoms in total. The van der Waals surface area contributed by atoms with Gasteiger partial charge in [-0.1, -0.05) is 43.2 Å². The summed E-state index contributed by atoms with van der Waals surface area (Å²) in [7, 11) is 1.05. The highest BCUT2D eigenvalue weighted by atomic mass is 31.2. The van der Waals surface area contributed by atoms with Gasteiger partial charge in [0.1, 0.15) is 5.60 Å². The molecular formula is C22H33N2O3P. The predicted octanol–water partition coefficient (Wildman–Crippen LogP) is 4.63. The SMILES string of the molecule is CN1[C@@H]2CCCC[C@H]2N(C)P1(=O)C1(c2ccccc2)CC1C(=O)OC(C)(C)C. The van der Waals surface area contributed by atoms with E-state index >= 15 is 0 Å². The third kappa shape index (κ3) is 2.81. The molecule has 0 amide bonds. The van der Waals surface area contributed by atoms with Crippen LogP contribution in [0.2, 0.25) is 0 Å². The number of rotatable bonds is 3. The maximum Gasteiger partial charge on any atom is 0.310 e. The molecule has 4 atom stereocenters. The average Bonchev–Trinajstić information content (AvgIpc) is 3.39. The molecule has 2 saturated carbocycles. The molecule has 1 saturated heterocycles. The minimum absolute atomic E-state index is 0.219. The van der Waals surface area contributed by atoms with Crippen molar-refractivity contribution in [1.29, 1.82) is 0 Å². The zero-order valence-corrected chi connectivity index (χ0v) is 18.6. The van der Waals surface area contributed by atoms with Crippen molar-refractivity contribution in [3.63, 3.8) is 0 Å². The van der Waals surface area contributed by atoms with E-state index in [9.17, 15) is 9.36 Å². The van der Waals surface area contributed by atoms with Crippen LogP contribution >= 0.6 is 7.44 Å². The summed E-state index contributed by atoms with van der Waals surface area (Å²) in [5, 5.41) is -0.669. The Bertz CT molecular complexity index is 784. The lowest BCUT2D eigenvalue weighted by Gasteiger charge is -2.36. The molecule has 1 aromatic rings. The average molecular weight is 404 g/mol. The van der Waals surface area contributed by atoms with Crippen molar-refractivity contribution in [2.45, 2.75) is 75.7 Å². The first-order valence-electron chi connectivity index (χ1n) is 10.5. The maximum absolute atomic E-state index is 14.9. The molecule has 0 spiro atoms. The molecule has 0 bridgehead atoms. The number of hydrogen-bond acceptors (Lipinski definition) is 3. The molecule has 28 heavy (non-hydrogen) atoms. The normalized spacial score (nSPS) is 35.4. The summed E-state index contributed by atoms with van der Waals surface area (Å²) in [5.41, 5.74) is 0.462. The molecule has 0 N–H and O–H groups in total. The van der Waals surface area contributed by atoms with Crippen LogP contribution in [-0.4, -0.2) is 47.1 Å². The van der Waals surface area contributed by atoms with Crippen LogP contribution in [0.3, 0.4) is 0 Å². The Hall–Kier alpha value is -1.16. The van der Waals surface area contributed by atoms with E-state index in [4.69, 9.17) is 4.74 Å². The zero-order chi connectivity index (χ0) is 20.3. The quantitative estimate of drug-likeness (QED) is 0.543. The van der Waals surface area contributed by atoms with Gasteiger partial charge in [0, 0.05) is 12.1 Å². The number of carbonyl (C=O) groups excluding carboxylic acids is 1. The second-order valence-corrected chi connectivity index (χ2v) is 12.8. The Morgan fingerprint density at radius 1 is 1.07 bits per heavy atom. The third-order valence-corrected chi connectivity index (χ3v) is 11.0. The largest absolute Gasteiger partial charge is 0.460 e. The summed E-state index contributed by atoms with van der Waals surface area (Å²) in [5.74, 6) is -0.576. The van der Waals surface area contributed by atoms with Crippen LogP contribution in [0.5, 0.6) is 0 Å². The van der Waals surface area contributed by atoms with Crippen molar-refractivity contribution in [2.75, 3.05) is 14.1 Å². The monoisotopic (exact) mass is 404 g/mol. The molecule has 0 radical (unpaired) electrons. The highest BCUT2D eigenvalue weighted by Gasteiger charge is 2.75. The summed E-state index contributed by atoms with van der Waals surface area (Å²) in [6.45, 7) is 5.67. The molecule has 3 fully saturated rings. The molecule has 1 heterocycles. The van der Waals surface area contributed by atoms with Crippen LogP contribution < -0.4 is 0 Å². The molecule has 2 unspecified atom stereocenters. The number of nitrogens with zero attached hydrogens (tertiary/aromatic N) is 2. The van der Waals surface area contributed by atoms with Gasteiger partial charge in [0.25, 0.3) is 0 Å². The van der Waals surface area contributed by atoms with Gasteiger partial charge in [0.15, 0.2) is 0 Å². The lowest BCUT2D eigenvalue weighted by atomic mass is 9.91. The van der Waals surface area contributed by atoms with Crippen molar-refractivity contribution in [3.8, 4) is 0 Å². The molecule has 3 aliphatic rings. The van der Waals surface area contributed by atoms with Gasteiger partial charge in [0.2, 0.25) is 7.44 Å². The van der Waals surface area contributed by atoms with Crippen molar-refractivity contribution in [1.82, 2.24) is 9.34 Å². The summed E-state index contributed by atoms with van der Waals surface area (Å²) < 4.78 is 24.9. The fourth-order valence-electron chi connectivity index (χ4n) is 5.59. The lowest BCUT2D eigenvalue weighted by Crippen LogP contribution is -2.37. The van der Waals surface area contributed by atoms with Crippen molar-refractivity contribution < 1.29 is 14.1 Å². The van der Waals surface area contributed by atoms with E-state index in [1.54, 1.807) is 0 Å². The van der Waals surface area contributed by atoms with Gasteiger partial charge in [-0.25, -0.2) is 9.34 Å². The number of likely N-dealkylation sites (N-methyl/N-ethyl adjacent to an activating group) is 2. The Labute approximate surface area is 168 Å². The summed E-state index contributed by atoms with van der Waals surface area (Å²) in [6.07, 6.45) is 5.13. The zero-order valence-electron chi connectivity index (χ0n) is 17.7. The second-order valence-electron chi connectivity index (χ2n) is 9.69. The molecule has 0 aromatic heterocycles. The molecule has 154 valence electrons. The number of ether oxygens (including phenoxy) is 1. The van der Waals surface area contributed by atoms with Crippen LogP contribution in [0.4, 0.5) is 0 Å². The molecule has 1 aliphatic heterocycles. The van der Waals surface area contributed by atoms with Crippen LogP contribution in [-0.2, 0) is 19.3 Å². The smallest absolute Gasteiger partial charge is 0.310 e. The van der Waals surface area contributed by atoms with Gasteiger partial charge in [-0.3, -0.25) is 9.36 Å². The van der Waals surface area contributed by atoms with E-state index in [0.717, 1.165) is 18.4 Å². The van der Waals surface area contributed by atoms with Gasteiger partial charge in [-0.15, -0.1) is 0 Å². The van der Waals surface area contributed by atoms with Gasteiger partial charge in [-0.05, 0) is 59.7 Å². The number of hydrogen-bond donors (Lipinski definition) is 0. The van der Waals surface area contributed by atoms with Crippen molar-refractivity contribution in [2.24, 2.45) is 5.92 Å². The first-order chi connectivity index (χ1) is 13.1. The number of fused-ring (bicyclic) bond motifs is 1. The fourth-order valence-corrected chi connectivity index (χ4v) is 9.92. The van der Waals surface area contributed by atoms with E-state index in [0.29, 0.717) is 18.5 Å². The first-order valence-corrected chi connectivity index (χ1v) is 12.1. The standard InChI is InChI=1S/C22H33N2O3P/c1-21(2,3)27-20(25)17-15-22(17,16-11-7-6-8-12-16)28(26)23(4)18-13-9-10-14-19(18)24(28)5/h6-8,11-12,17-19H,9-10,13-15H2,1-5H3/t17?,18-,19-,22?/m1/s1. The van der Waals surface area contributed by atoms with Crippen molar-refractivity contribution >= 4 is 13.4 Å². The van der Waals surface area contributed by atoms with Crippen LogP contribution in [0.15, 0.2) is 30.3 Å². The highest BCUT2D eigenvalue weighted by molar-refractivity contribution is 7.61. The van der Waals surface area contributed by atoms with Gasteiger partial charge >= 0.3 is 5.97 Å². The minimum atomic E-state index is -2.98.